The number of halogens is 2. The summed E-state index contributed by atoms with van der Waals surface area (Å²) in [5.41, 5.74) is 0.798. The molecule has 2 rings (SSSR count). The van der Waals surface area contributed by atoms with Gasteiger partial charge in [0.1, 0.15) is 6.17 Å². The van der Waals surface area contributed by atoms with Gasteiger partial charge in [-0.2, -0.15) is 0 Å². The van der Waals surface area contributed by atoms with Gasteiger partial charge in [0.15, 0.2) is 0 Å². The van der Waals surface area contributed by atoms with E-state index in [9.17, 15) is 4.39 Å². The van der Waals surface area contributed by atoms with Gasteiger partial charge in [0.05, 0.1) is 0 Å². The van der Waals surface area contributed by atoms with Gasteiger partial charge in [-0.1, -0.05) is 36.8 Å². The minimum atomic E-state index is -0.850. The van der Waals surface area contributed by atoms with Crippen molar-refractivity contribution in [1.82, 2.24) is 5.32 Å². The predicted molar refractivity (Wildman–Crippen MR) is 63.2 cm³/mol. The molecule has 15 heavy (non-hydrogen) atoms. The Morgan fingerprint density at radius 1 is 1.20 bits per heavy atom. The van der Waals surface area contributed by atoms with Gasteiger partial charge in [0.2, 0.25) is 0 Å². The van der Waals surface area contributed by atoms with Crippen LogP contribution in [0.2, 0.25) is 0 Å². The van der Waals surface area contributed by atoms with Crippen LogP contribution in [0.4, 0.5) is 4.39 Å². The van der Waals surface area contributed by atoms with Crippen LogP contribution in [0.3, 0.4) is 0 Å². The molecule has 3 heteroatoms. The van der Waals surface area contributed by atoms with E-state index >= 15 is 0 Å². The summed E-state index contributed by atoms with van der Waals surface area (Å²) in [7, 11) is 0. The molecule has 0 amide bonds. The number of piperidine rings is 1. The summed E-state index contributed by atoms with van der Waals surface area (Å²) in [6.07, 6.45) is 2.43. The minimum Gasteiger partial charge on any atom is -0.311 e. The molecule has 1 nitrogen and oxygen atoms in total. The maximum Gasteiger partial charge on any atom is 0.140 e. The fraction of sp³-hybridized carbons (Fsp3) is 0.500. The third-order valence-corrected chi connectivity index (χ3v) is 2.82. The summed E-state index contributed by atoms with van der Waals surface area (Å²) < 4.78 is 14.0. The van der Waals surface area contributed by atoms with Crippen LogP contribution in [-0.2, 0) is 0 Å². The Bertz CT molecular complexity index is 272. The Labute approximate surface area is 96.5 Å². The lowest BCUT2D eigenvalue weighted by Gasteiger charge is -2.26. The summed E-state index contributed by atoms with van der Waals surface area (Å²) in [6.45, 7) is 0.956. The lowest BCUT2D eigenvalue weighted by molar-refractivity contribution is 0.221. The van der Waals surface area contributed by atoms with E-state index < -0.39 is 6.17 Å². The summed E-state index contributed by atoms with van der Waals surface area (Å²) in [4.78, 5) is 0. The average Bonchev–Trinajstić information content (AvgIpc) is 2.30. The molecule has 1 saturated heterocycles. The van der Waals surface area contributed by atoms with Crippen molar-refractivity contribution in [3.05, 3.63) is 35.9 Å². The monoisotopic (exact) mass is 229 g/mol. The number of alkyl halides is 1. The quantitative estimate of drug-likeness (QED) is 0.821. The van der Waals surface area contributed by atoms with Gasteiger partial charge in [-0.15, -0.1) is 12.4 Å². The highest BCUT2D eigenvalue weighted by Gasteiger charge is 2.23. The fourth-order valence-electron chi connectivity index (χ4n) is 2.00. The molecule has 0 bridgehead atoms. The maximum absolute atomic E-state index is 14.0. The molecule has 1 aromatic rings. The van der Waals surface area contributed by atoms with E-state index in [1.165, 1.54) is 6.42 Å². The smallest absolute Gasteiger partial charge is 0.140 e. The molecule has 0 aliphatic carbocycles. The second-order valence-electron chi connectivity index (χ2n) is 3.87. The van der Waals surface area contributed by atoms with Gasteiger partial charge < -0.3 is 5.32 Å². The highest BCUT2D eigenvalue weighted by atomic mass is 35.5. The van der Waals surface area contributed by atoms with Crippen LogP contribution in [0, 0.1) is 0 Å². The molecule has 1 fully saturated rings. The second-order valence-corrected chi connectivity index (χ2v) is 3.87. The largest absolute Gasteiger partial charge is 0.311 e. The SMILES string of the molecule is Cl.FC(c1ccccc1)C1CCCCN1. The van der Waals surface area contributed by atoms with Crippen LogP contribution < -0.4 is 5.32 Å². The lowest BCUT2D eigenvalue weighted by Crippen LogP contribution is -2.37. The van der Waals surface area contributed by atoms with Gasteiger partial charge in [-0.05, 0) is 24.9 Å². The predicted octanol–water partition coefficient (Wildman–Crippen LogP) is 3.26. The first-order valence-electron chi connectivity index (χ1n) is 5.30. The summed E-state index contributed by atoms with van der Waals surface area (Å²) in [5, 5.41) is 3.24. The van der Waals surface area contributed by atoms with Crippen molar-refractivity contribution in [3.63, 3.8) is 0 Å². The van der Waals surface area contributed by atoms with Crippen LogP contribution in [0.25, 0.3) is 0 Å². The molecule has 0 radical (unpaired) electrons. The van der Waals surface area contributed by atoms with Crippen LogP contribution in [0.15, 0.2) is 30.3 Å². The van der Waals surface area contributed by atoms with Crippen molar-refractivity contribution in [2.75, 3.05) is 6.54 Å². The normalized spacial score (nSPS) is 22.9. The molecule has 0 spiro atoms. The average molecular weight is 230 g/mol. The number of hydrogen-bond donors (Lipinski definition) is 1. The van der Waals surface area contributed by atoms with Crippen molar-refractivity contribution in [3.8, 4) is 0 Å². The Morgan fingerprint density at radius 2 is 1.93 bits per heavy atom. The van der Waals surface area contributed by atoms with E-state index in [1.54, 1.807) is 0 Å². The maximum atomic E-state index is 14.0. The topological polar surface area (TPSA) is 12.0 Å². The van der Waals surface area contributed by atoms with Gasteiger partial charge in [0.25, 0.3) is 0 Å². The number of rotatable bonds is 2. The second kappa shape index (κ2) is 6.09. The molecule has 0 saturated carbocycles. The van der Waals surface area contributed by atoms with Crippen LogP contribution >= 0.6 is 12.4 Å². The molecular weight excluding hydrogens is 213 g/mol. The molecule has 84 valence electrons. The Hall–Kier alpha value is -0.600. The minimum absolute atomic E-state index is 0. The third kappa shape index (κ3) is 3.18. The molecule has 1 N–H and O–H groups in total. The molecule has 2 atom stereocenters. The van der Waals surface area contributed by atoms with E-state index in [4.69, 9.17) is 0 Å². The van der Waals surface area contributed by atoms with Crippen LogP contribution in [0.5, 0.6) is 0 Å². The Morgan fingerprint density at radius 3 is 2.53 bits per heavy atom. The van der Waals surface area contributed by atoms with E-state index in [0.29, 0.717) is 0 Å². The zero-order chi connectivity index (χ0) is 9.80. The number of nitrogens with one attached hydrogen (secondary N) is 1. The first-order valence-corrected chi connectivity index (χ1v) is 5.30. The standard InChI is InChI=1S/C12H16FN.ClH/c13-12(10-6-2-1-3-7-10)11-8-4-5-9-14-11;/h1-3,6-7,11-12,14H,4-5,8-9H2;1H. The highest BCUT2D eigenvalue weighted by Crippen LogP contribution is 2.25. The third-order valence-electron chi connectivity index (χ3n) is 2.82. The molecule has 1 aromatic carbocycles. The lowest BCUT2D eigenvalue weighted by atomic mass is 9.96. The van der Waals surface area contributed by atoms with Crippen molar-refractivity contribution in [2.24, 2.45) is 0 Å². The molecule has 1 aliphatic heterocycles. The first kappa shape index (κ1) is 12.5. The molecule has 2 unspecified atom stereocenters. The molecular formula is C12H17ClFN. The Kier molecular flexibility index (Phi) is 5.06. The molecule has 1 aliphatic rings. The van der Waals surface area contributed by atoms with Gasteiger partial charge in [0, 0.05) is 6.04 Å². The highest BCUT2D eigenvalue weighted by molar-refractivity contribution is 5.85. The first-order chi connectivity index (χ1) is 6.88. The van der Waals surface area contributed by atoms with Gasteiger partial charge in [-0.25, -0.2) is 4.39 Å². The van der Waals surface area contributed by atoms with E-state index in [2.05, 4.69) is 5.32 Å². The Balaban J connectivity index is 0.00000112. The van der Waals surface area contributed by atoms with Gasteiger partial charge in [-0.3, -0.25) is 0 Å². The van der Waals surface area contributed by atoms with Crippen molar-refractivity contribution in [2.45, 2.75) is 31.5 Å². The summed E-state index contributed by atoms with van der Waals surface area (Å²) in [6, 6.07) is 9.45. The zero-order valence-corrected chi connectivity index (χ0v) is 9.47. The van der Waals surface area contributed by atoms with Crippen LogP contribution in [0.1, 0.15) is 31.0 Å². The summed E-state index contributed by atoms with van der Waals surface area (Å²) in [5.74, 6) is 0. The molecule has 0 aromatic heterocycles. The van der Waals surface area contributed by atoms with E-state index in [-0.39, 0.29) is 18.4 Å². The van der Waals surface area contributed by atoms with Crippen molar-refractivity contribution >= 4 is 12.4 Å². The van der Waals surface area contributed by atoms with E-state index in [0.717, 1.165) is 24.9 Å². The van der Waals surface area contributed by atoms with Crippen LogP contribution in [-0.4, -0.2) is 12.6 Å². The van der Waals surface area contributed by atoms with Crippen molar-refractivity contribution in [1.29, 1.82) is 0 Å². The zero-order valence-electron chi connectivity index (χ0n) is 8.66. The van der Waals surface area contributed by atoms with Gasteiger partial charge >= 0.3 is 0 Å². The number of benzene rings is 1. The molecule has 1 heterocycles. The number of hydrogen-bond acceptors (Lipinski definition) is 1. The fourth-order valence-corrected chi connectivity index (χ4v) is 2.00. The summed E-state index contributed by atoms with van der Waals surface area (Å²) >= 11 is 0. The van der Waals surface area contributed by atoms with E-state index in [1.807, 2.05) is 30.3 Å². The van der Waals surface area contributed by atoms with Crippen molar-refractivity contribution < 1.29 is 4.39 Å².